The number of ether oxygens (including phenoxy) is 1. The average molecular weight is 325 g/mol. The van der Waals surface area contributed by atoms with Crippen molar-refractivity contribution in [1.29, 1.82) is 0 Å². The third-order valence-electron chi connectivity index (χ3n) is 3.64. The van der Waals surface area contributed by atoms with Gasteiger partial charge in [-0.2, -0.15) is 0 Å². The molecule has 0 aliphatic carbocycles. The highest BCUT2D eigenvalue weighted by Gasteiger charge is 2.43. The summed E-state index contributed by atoms with van der Waals surface area (Å²) >= 11 is 0. The smallest absolute Gasteiger partial charge is 0.330 e. The van der Waals surface area contributed by atoms with Crippen LogP contribution >= 0.6 is 0 Å². The molecular formula is C12H15N5O6. The van der Waals surface area contributed by atoms with Crippen LogP contribution in [0, 0.1) is 0 Å². The molecule has 0 spiro atoms. The van der Waals surface area contributed by atoms with E-state index in [0.717, 1.165) is 4.57 Å². The number of aromatic nitrogens is 5. The zero-order valence-corrected chi connectivity index (χ0v) is 12.0. The molecule has 23 heavy (non-hydrogen) atoms. The van der Waals surface area contributed by atoms with Crippen molar-refractivity contribution >= 4 is 0 Å². The number of H-pyrrole nitrogens is 1. The van der Waals surface area contributed by atoms with Crippen molar-refractivity contribution in [3.8, 4) is 11.3 Å². The predicted octanol–water partition coefficient (Wildman–Crippen LogP) is -3.06. The summed E-state index contributed by atoms with van der Waals surface area (Å²) in [5.74, 6) is 0. The number of nitrogens with zero attached hydrogens (tertiary/aromatic N) is 4. The first-order chi connectivity index (χ1) is 10.9. The van der Waals surface area contributed by atoms with E-state index in [2.05, 4.69) is 15.3 Å². The second-order valence-electron chi connectivity index (χ2n) is 5.22. The second-order valence-corrected chi connectivity index (χ2v) is 5.22. The SMILES string of the molecule is Cn1cc(-c2cn(C3OC(CO)C(O)C3O)c(=O)[nH]c2=O)nn1. The zero-order chi connectivity index (χ0) is 16.7. The highest BCUT2D eigenvalue weighted by atomic mass is 16.6. The number of aryl methyl sites for hydroxylation is 1. The monoisotopic (exact) mass is 325 g/mol. The van der Waals surface area contributed by atoms with E-state index >= 15 is 0 Å². The Hall–Kier alpha value is -2.34. The minimum atomic E-state index is -1.44. The molecule has 1 saturated heterocycles. The van der Waals surface area contributed by atoms with Crippen LogP contribution in [0.15, 0.2) is 22.0 Å². The first-order valence-electron chi connectivity index (χ1n) is 6.77. The number of hydrogen-bond acceptors (Lipinski definition) is 8. The Morgan fingerprint density at radius 1 is 1.30 bits per heavy atom. The summed E-state index contributed by atoms with van der Waals surface area (Å²) in [6, 6.07) is 0. The number of rotatable bonds is 3. The molecule has 11 heteroatoms. The molecule has 0 aromatic carbocycles. The summed E-state index contributed by atoms with van der Waals surface area (Å²) in [5.41, 5.74) is -1.21. The van der Waals surface area contributed by atoms with Gasteiger partial charge >= 0.3 is 5.69 Å². The second kappa shape index (κ2) is 5.70. The number of aliphatic hydroxyl groups is 3. The molecule has 1 fully saturated rings. The third-order valence-corrected chi connectivity index (χ3v) is 3.64. The van der Waals surface area contributed by atoms with E-state index in [0.29, 0.717) is 0 Å². The van der Waals surface area contributed by atoms with Crippen LogP contribution in [-0.2, 0) is 11.8 Å². The zero-order valence-electron chi connectivity index (χ0n) is 12.0. The largest absolute Gasteiger partial charge is 0.394 e. The Bertz CT molecular complexity index is 826. The molecule has 0 saturated carbocycles. The van der Waals surface area contributed by atoms with Crippen LogP contribution in [0.2, 0.25) is 0 Å². The highest BCUT2D eigenvalue weighted by molar-refractivity contribution is 5.54. The van der Waals surface area contributed by atoms with Crippen LogP contribution in [0.25, 0.3) is 11.3 Å². The third kappa shape index (κ3) is 2.59. The molecule has 3 heterocycles. The molecule has 1 aliphatic heterocycles. The number of aliphatic hydroxyl groups excluding tert-OH is 3. The fraction of sp³-hybridized carbons (Fsp3) is 0.500. The Labute approximate surface area is 128 Å². The van der Waals surface area contributed by atoms with Gasteiger partial charge in [0.1, 0.15) is 24.0 Å². The number of aromatic amines is 1. The summed E-state index contributed by atoms with van der Waals surface area (Å²) in [6.45, 7) is -0.524. The fourth-order valence-corrected chi connectivity index (χ4v) is 2.44. The first-order valence-corrected chi connectivity index (χ1v) is 6.77. The quantitative estimate of drug-likeness (QED) is 0.463. The van der Waals surface area contributed by atoms with Crippen LogP contribution in [0.1, 0.15) is 6.23 Å². The van der Waals surface area contributed by atoms with E-state index < -0.39 is 42.4 Å². The molecule has 2 aromatic rings. The molecular weight excluding hydrogens is 310 g/mol. The molecule has 2 aromatic heterocycles. The van der Waals surface area contributed by atoms with E-state index in [1.54, 1.807) is 7.05 Å². The van der Waals surface area contributed by atoms with Crippen molar-refractivity contribution in [3.63, 3.8) is 0 Å². The van der Waals surface area contributed by atoms with Crippen molar-refractivity contribution in [2.24, 2.45) is 7.05 Å². The molecule has 0 bridgehead atoms. The van der Waals surface area contributed by atoms with Crippen LogP contribution < -0.4 is 11.2 Å². The minimum absolute atomic E-state index is 0.0513. The van der Waals surface area contributed by atoms with Gasteiger partial charge in [0.05, 0.1) is 18.4 Å². The van der Waals surface area contributed by atoms with E-state index in [-0.39, 0.29) is 11.3 Å². The summed E-state index contributed by atoms with van der Waals surface area (Å²) in [7, 11) is 1.62. The lowest BCUT2D eigenvalue weighted by atomic mass is 10.1. The maximum Gasteiger partial charge on any atom is 0.330 e. The molecule has 4 unspecified atom stereocenters. The van der Waals surface area contributed by atoms with E-state index in [4.69, 9.17) is 9.84 Å². The van der Waals surface area contributed by atoms with E-state index in [9.17, 15) is 19.8 Å². The molecule has 4 atom stereocenters. The highest BCUT2D eigenvalue weighted by Crippen LogP contribution is 2.28. The van der Waals surface area contributed by atoms with Crippen LogP contribution in [0.3, 0.4) is 0 Å². The van der Waals surface area contributed by atoms with Crippen molar-refractivity contribution in [1.82, 2.24) is 24.5 Å². The van der Waals surface area contributed by atoms with Crippen molar-refractivity contribution in [2.45, 2.75) is 24.5 Å². The Morgan fingerprint density at radius 3 is 2.61 bits per heavy atom. The van der Waals surface area contributed by atoms with Gasteiger partial charge in [-0.25, -0.2) is 4.79 Å². The normalized spacial score (nSPS) is 27.5. The minimum Gasteiger partial charge on any atom is -0.394 e. The fourth-order valence-electron chi connectivity index (χ4n) is 2.44. The van der Waals surface area contributed by atoms with Crippen molar-refractivity contribution in [2.75, 3.05) is 6.61 Å². The van der Waals surface area contributed by atoms with Crippen LogP contribution in [0.4, 0.5) is 0 Å². The molecule has 3 rings (SSSR count). The van der Waals surface area contributed by atoms with Gasteiger partial charge in [-0.3, -0.25) is 19.0 Å². The number of nitrogens with one attached hydrogen (secondary N) is 1. The lowest BCUT2D eigenvalue weighted by Crippen LogP contribution is -2.38. The van der Waals surface area contributed by atoms with Gasteiger partial charge in [0, 0.05) is 13.2 Å². The number of hydrogen-bond donors (Lipinski definition) is 4. The van der Waals surface area contributed by atoms with Crippen molar-refractivity contribution in [3.05, 3.63) is 33.2 Å². The molecule has 0 radical (unpaired) electrons. The molecule has 4 N–H and O–H groups in total. The molecule has 0 amide bonds. The van der Waals surface area contributed by atoms with Gasteiger partial charge in [0.2, 0.25) is 0 Å². The Morgan fingerprint density at radius 2 is 2.04 bits per heavy atom. The Balaban J connectivity index is 2.07. The van der Waals surface area contributed by atoms with E-state index in [1.165, 1.54) is 17.1 Å². The molecule has 124 valence electrons. The van der Waals surface area contributed by atoms with Gasteiger partial charge in [-0.15, -0.1) is 5.10 Å². The Kier molecular flexibility index (Phi) is 3.85. The van der Waals surface area contributed by atoms with Crippen LogP contribution in [-0.4, -0.2) is 64.8 Å². The standard InChI is InChI=1S/C12H15N5O6/c1-16-3-6(14-15-16)5-2-17(12(22)13-10(5)21)11-9(20)8(19)7(4-18)23-11/h2-3,7-9,11,18-20H,4H2,1H3,(H,13,21,22). The summed E-state index contributed by atoms with van der Waals surface area (Å²) in [5, 5.41) is 36.4. The maximum atomic E-state index is 12.0. The van der Waals surface area contributed by atoms with E-state index in [1.807, 2.05) is 0 Å². The predicted molar refractivity (Wildman–Crippen MR) is 74.3 cm³/mol. The van der Waals surface area contributed by atoms with Crippen molar-refractivity contribution < 1.29 is 20.1 Å². The topological polar surface area (TPSA) is 155 Å². The first kappa shape index (κ1) is 15.6. The van der Waals surface area contributed by atoms with Gasteiger partial charge in [-0.05, 0) is 0 Å². The lowest BCUT2D eigenvalue weighted by Gasteiger charge is -2.17. The summed E-state index contributed by atoms with van der Waals surface area (Å²) in [4.78, 5) is 26.0. The summed E-state index contributed by atoms with van der Waals surface area (Å²) < 4.78 is 7.61. The van der Waals surface area contributed by atoms with Gasteiger partial charge in [0.15, 0.2) is 6.23 Å². The van der Waals surface area contributed by atoms with Gasteiger partial charge in [-0.1, -0.05) is 5.21 Å². The average Bonchev–Trinajstić information content (AvgIpc) is 3.05. The maximum absolute atomic E-state index is 12.0. The van der Waals surface area contributed by atoms with Gasteiger partial charge < -0.3 is 20.1 Å². The molecule has 1 aliphatic rings. The van der Waals surface area contributed by atoms with Crippen LogP contribution in [0.5, 0.6) is 0 Å². The van der Waals surface area contributed by atoms with Gasteiger partial charge in [0.25, 0.3) is 5.56 Å². The summed E-state index contributed by atoms with van der Waals surface area (Å²) in [6.07, 6.45) is -2.42. The molecule has 11 nitrogen and oxygen atoms in total. The lowest BCUT2D eigenvalue weighted by molar-refractivity contribution is -0.0549.